The lowest BCUT2D eigenvalue weighted by molar-refractivity contribution is -0.0447. The number of nitrogens with two attached hydrogens (primary N) is 1. The van der Waals surface area contributed by atoms with Gasteiger partial charge in [-0.1, -0.05) is 48.0 Å². The van der Waals surface area contributed by atoms with Gasteiger partial charge < -0.3 is 20.0 Å². The van der Waals surface area contributed by atoms with Crippen molar-refractivity contribution in [2.24, 2.45) is 11.8 Å². The summed E-state index contributed by atoms with van der Waals surface area (Å²) in [7, 11) is -2.13. The third kappa shape index (κ3) is 5.11. The Labute approximate surface area is 180 Å². The van der Waals surface area contributed by atoms with Crippen molar-refractivity contribution < 1.29 is 14.3 Å². The molecule has 168 valence electrons. The molecule has 4 atom stereocenters. The standard InChI is InChI=1S/C21H36N4O4Si/c1-13(2)8-10-30(14(3)4,15(5)6)28-12-17-19(26)16(11-22)20(29-17)25-9-7-18(23)24-21(25)27/h7,9,13-17,19-20,26H,8,10,12H2,1-6H3,(H2,23,24,27)/t16-,17+,19-,20+/m0/s1. The Bertz CT molecular complexity index is 797. The van der Waals surface area contributed by atoms with Crippen LogP contribution >= 0.6 is 0 Å². The van der Waals surface area contributed by atoms with E-state index in [2.05, 4.69) is 52.6 Å². The maximum Gasteiger partial charge on any atom is 0.351 e. The fraction of sp³-hybridized carbons (Fsp3) is 0.762. The van der Waals surface area contributed by atoms with Crippen molar-refractivity contribution in [3.8, 4) is 6.07 Å². The van der Waals surface area contributed by atoms with E-state index in [0.29, 0.717) is 17.0 Å². The fourth-order valence-corrected chi connectivity index (χ4v) is 9.08. The molecule has 0 radical (unpaired) electrons. The second-order valence-electron chi connectivity index (χ2n) is 9.26. The summed E-state index contributed by atoms with van der Waals surface area (Å²) < 4.78 is 13.8. The Hall–Kier alpha value is -1.73. The maximum absolute atomic E-state index is 12.2. The molecular weight excluding hydrogens is 400 g/mol. The molecule has 2 heterocycles. The number of hydrogen-bond acceptors (Lipinski definition) is 7. The molecule has 1 aromatic heterocycles. The molecule has 1 saturated heterocycles. The van der Waals surface area contributed by atoms with Crippen LogP contribution in [0.5, 0.6) is 0 Å². The van der Waals surface area contributed by atoms with Crippen LogP contribution in [0.4, 0.5) is 5.82 Å². The zero-order valence-corrected chi connectivity index (χ0v) is 19.9. The number of aliphatic hydroxyl groups excluding tert-OH is 1. The first kappa shape index (κ1) is 24.5. The number of nitriles is 1. The molecule has 9 heteroatoms. The van der Waals surface area contributed by atoms with Gasteiger partial charge in [0.25, 0.3) is 0 Å². The first-order valence-corrected chi connectivity index (χ1v) is 13.0. The fourth-order valence-electron chi connectivity index (χ4n) is 4.28. The predicted octanol–water partition coefficient (Wildman–Crippen LogP) is 3.05. The average Bonchev–Trinajstić information content (AvgIpc) is 2.96. The van der Waals surface area contributed by atoms with Gasteiger partial charge in [-0.25, -0.2) is 4.79 Å². The van der Waals surface area contributed by atoms with Gasteiger partial charge >= 0.3 is 5.69 Å². The molecule has 1 aliphatic rings. The molecule has 0 aromatic carbocycles. The molecule has 0 unspecified atom stereocenters. The lowest BCUT2D eigenvalue weighted by atomic mass is 10.0. The smallest absolute Gasteiger partial charge is 0.351 e. The van der Waals surface area contributed by atoms with Crippen molar-refractivity contribution in [1.29, 1.82) is 5.26 Å². The molecule has 1 fully saturated rings. The van der Waals surface area contributed by atoms with Gasteiger partial charge in [0.15, 0.2) is 14.5 Å². The van der Waals surface area contributed by atoms with Crippen molar-refractivity contribution in [1.82, 2.24) is 9.55 Å². The summed E-state index contributed by atoms with van der Waals surface area (Å²) in [6, 6.07) is 4.58. The lowest BCUT2D eigenvalue weighted by Gasteiger charge is -2.40. The Morgan fingerprint density at radius 2 is 1.97 bits per heavy atom. The van der Waals surface area contributed by atoms with Crippen LogP contribution in [0.15, 0.2) is 17.1 Å². The van der Waals surface area contributed by atoms with E-state index in [0.717, 1.165) is 12.5 Å². The number of rotatable bonds is 9. The van der Waals surface area contributed by atoms with Crippen LogP contribution in [0.1, 0.15) is 54.2 Å². The van der Waals surface area contributed by atoms with Crippen LogP contribution in [0.3, 0.4) is 0 Å². The molecule has 8 nitrogen and oxygen atoms in total. The van der Waals surface area contributed by atoms with E-state index < -0.39 is 38.4 Å². The predicted molar refractivity (Wildman–Crippen MR) is 118 cm³/mol. The molecule has 0 saturated carbocycles. The summed E-state index contributed by atoms with van der Waals surface area (Å²) in [6.07, 6.45) is -0.135. The number of nitrogens with zero attached hydrogens (tertiary/aromatic N) is 3. The first-order chi connectivity index (χ1) is 14.0. The lowest BCUT2D eigenvalue weighted by Crippen LogP contribution is -2.47. The van der Waals surface area contributed by atoms with Crippen LogP contribution in [0.25, 0.3) is 0 Å². The van der Waals surface area contributed by atoms with Gasteiger partial charge in [-0.05, 0) is 29.1 Å². The van der Waals surface area contributed by atoms with Crippen LogP contribution in [-0.2, 0) is 9.16 Å². The molecule has 0 bridgehead atoms. The molecular formula is C21H36N4O4Si. The number of ether oxygens (including phenoxy) is 1. The summed E-state index contributed by atoms with van der Waals surface area (Å²) in [5.41, 5.74) is 5.75. The second-order valence-corrected chi connectivity index (χ2v) is 14.3. The van der Waals surface area contributed by atoms with Crippen molar-refractivity contribution >= 4 is 14.1 Å². The van der Waals surface area contributed by atoms with E-state index in [4.69, 9.17) is 14.9 Å². The van der Waals surface area contributed by atoms with Crippen molar-refractivity contribution in [2.75, 3.05) is 12.3 Å². The van der Waals surface area contributed by atoms with Crippen LogP contribution in [0, 0.1) is 23.2 Å². The van der Waals surface area contributed by atoms with Gasteiger partial charge in [0, 0.05) is 6.20 Å². The zero-order valence-electron chi connectivity index (χ0n) is 18.9. The molecule has 1 aliphatic heterocycles. The molecule has 30 heavy (non-hydrogen) atoms. The second kappa shape index (κ2) is 10.0. The molecule has 0 amide bonds. The molecule has 1 aromatic rings. The molecule has 3 N–H and O–H groups in total. The van der Waals surface area contributed by atoms with Gasteiger partial charge in [-0.2, -0.15) is 10.2 Å². The van der Waals surface area contributed by atoms with E-state index in [1.165, 1.54) is 16.8 Å². The summed E-state index contributed by atoms with van der Waals surface area (Å²) in [6.45, 7) is 13.5. The molecule has 0 aliphatic carbocycles. The minimum absolute atomic E-state index is 0.0954. The van der Waals surface area contributed by atoms with E-state index in [1.807, 2.05) is 0 Å². The first-order valence-electron chi connectivity index (χ1n) is 10.7. The van der Waals surface area contributed by atoms with Crippen molar-refractivity contribution in [2.45, 2.75) is 83.5 Å². The highest BCUT2D eigenvalue weighted by Crippen LogP contribution is 2.40. The Morgan fingerprint density at radius 3 is 2.47 bits per heavy atom. The van der Waals surface area contributed by atoms with Gasteiger partial charge in [0.05, 0.1) is 12.7 Å². The molecule has 2 rings (SSSR count). The van der Waals surface area contributed by atoms with Crippen LogP contribution in [0.2, 0.25) is 17.1 Å². The highest BCUT2D eigenvalue weighted by molar-refractivity contribution is 6.76. The SMILES string of the molecule is CC(C)CC[Si](OC[C@H]1O[C@@H](n2ccc(N)nc2=O)[C@@H](C#N)[C@@H]1O)(C(C)C)C(C)C. The normalized spacial score (nSPS) is 24.7. The topological polar surface area (TPSA) is 123 Å². The van der Waals surface area contributed by atoms with Gasteiger partial charge in [0.2, 0.25) is 0 Å². The Kier molecular flexibility index (Phi) is 8.22. The van der Waals surface area contributed by atoms with Gasteiger partial charge in [-0.15, -0.1) is 0 Å². The zero-order chi connectivity index (χ0) is 22.6. The van der Waals surface area contributed by atoms with Crippen molar-refractivity contribution in [3.63, 3.8) is 0 Å². The number of aliphatic hydroxyl groups is 1. The molecule has 0 spiro atoms. The van der Waals surface area contributed by atoms with Crippen LogP contribution < -0.4 is 11.4 Å². The summed E-state index contributed by atoms with van der Waals surface area (Å²) >= 11 is 0. The number of aromatic nitrogens is 2. The maximum atomic E-state index is 12.2. The Balaban J connectivity index is 2.22. The highest BCUT2D eigenvalue weighted by Gasteiger charge is 2.48. The average molecular weight is 437 g/mol. The van der Waals surface area contributed by atoms with Crippen molar-refractivity contribution in [3.05, 3.63) is 22.7 Å². The van der Waals surface area contributed by atoms with Gasteiger partial charge in [-0.3, -0.25) is 4.57 Å². The minimum Gasteiger partial charge on any atom is -0.414 e. The third-order valence-electron chi connectivity index (χ3n) is 6.23. The summed E-state index contributed by atoms with van der Waals surface area (Å²) in [5, 5.41) is 20.3. The van der Waals surface area contributed by atoms with E-state index in [9.17, 15) is 15.2 Å². The van der Waals surface area contributed by atoms with Gasteiger partial charge in [0.1, 0.15) is 23.9 Å². The van der Waals surface area contributed by atoms with E-state index >= 15 is 0 Å². The number of nitrogen functional groups attached to an aromatic ring is 1. The number of anilines is 1. The highest BCUT2D eigenvalue weighted by atomic mass is 28.4. The minimum atomic E-state index is -2.13. The largest absolute Gasteiger partial charge is 0.414 e. The van der Waals surface area contributed by atoms with E-state index in [1.54, 1.807) is 0 Å². The van der Waals surface area contributed by atoms with Crippen LogP contribution in [-0.4, -0.2) is 41.8 Å². The summed E-state index contributed by atoms with van der Waals surface area (Å²) in [5.74, 6) is -0.215. The number of hydrogen-bond donors (Lipinski definition) is 2. The third-order valence-corrected chi connectivity index (χ3v) is 11.9. The van der Waals surface area contributed by atoms with E-state index in [-0.39, 0.29) is 12.4 Å². The monoisotopic (exact) mass is 436 g/mol. The Morgan fingerprint density at radius 1 is 1.33 bits per heavy atom. The summed E-state index contributed by atoms with van der Waals surface area (Å²) in [4.78, 5) is 15.9. The quantitative estimate of drug-likeness (QED) is 0.570.